The van der Waals surface area contributed by atoms with Gasteiger partial charge < -0.3 is 9.88 Å². The number of rotatable bonds is 7. The normalized spacial score (nSPS) is 10.3. The molecule has 0 amide bonds. The Kier molecular flexibility index (Phi) is 5.26. The molecule has 98 valence electrons. The first-order valence-electron chi connectivity index (χ1n) is 5.76. The molecular weight excluding hydrogens is 234 g/mol. The quantitative estimate of drug-likeness (QED) is 0.343. The van der Waals surface area contributed by atoms with Crippen LogP contribution in [0.2, 0.25) is 0 Å². The van der Waals surface area contributed by atoms with Gasteiger partial charge in [0.25, 0.3) is 5.43 Å². The maximum atomic E-state index is 11.2. The van der Waals surface area contributed by atoms with E-state index in [9.17, 15) is 14.9 Å². The SMILES string of the molecule is C=C(CNCCC)Cn1ccc(=O)c([N+](=O)[O-])c1. The van der Waals surface area contributed by atoms with Gasteiger partial charge in [-0.05, 0) is 18.5 Å². The minimum Gasteiger partial charge on any atom is -0.344 e. The van der Waals surface area contributed by atoms with Crippen molar-refractivity contribution in [3.8, 4) is 0 Å². The summed E-state index contributed by atoms with van der Waals surface area (Å²) in [5.41, 5.74) is -0.0841. The van der Waals surface area contributed by atoms with Crippen molar-refractivity contribution >= 4 is 5.69 Å². The highest BCUT2D eigenvalue weighted by atomic mass is 16.6. The number of pyridine rings is 1. The summed E-state index contributed by atoms with van der Waals surface area (Å²) in [4.78, 5) is 21.2. The van der Waals surface area contributed by atoms with Crippen LogP contribution in [-0.4, -0.2) is 22.6 Å². The van der Waals surface area contributed by atoms with E-state index >= 15 is 0 Å². The van der Waals surface area contributed by atoms with Crippen LogP contribution in [0.4, 0.5) is 5.69 Å². The van der Waals surface area contributed by atoms with Crippen LogP contribution in [0.1, 0.15) is 13.3 Å². The van der Waals surface area contributed by atoms with Crippen molar-refractivity contribution in [3.05, 3.63) is 50.9 Å². The van der Waals surface area contributed by atoms with E-state index in [-0.39, 0.29) is 0 Å². The van der Waals surface area contributed by atoms with Crippen molar-refractivity contribution in [2.75, 3.05) is 13.1 Å². The zero-order valence-corrected chi connectivity index (χ0v) is 10.4. The number of nitro groups is 1. The third-order valence-corrected chi connectivity index (χ3v) is 2.36. The molecule has 0 fully saturated rings. The molecule has 0 unspecified atom stereocenters. The van der Waals surface area contributed by atoms with E-state index in [1.165, 1.54) is 18.5 Å². The fraction of sp³-hybridized carbons (Fsp3) is 0.417. The van der Waals surface area contributed by atoms with E-state index in [0.717, 1.165) is 18.5 Å². The summed E-state index contributed by atoms with van der Waals surface area (Å²) in [5, 5.41) is 13.8. The standard InChI is InChI=1S/C12H17N3O3/c1-3-5-13-7-10(2)8-14-6-4-12(16)11(9-14)15(17)18/h4,6,9,13H,2-3,5,7-8H2,1H3. The third kappa shape index (κ3) is 4.14. The number of nitrogens with one attached hydrogen (secondary N) is 1. The predicted molar refractivity (Wildman–Crippen MR) is 69.7 cm³/mol. The largest absolute Gasteiger partial charge is 0.344 e. The predicted octanol–water partition coefficient (Wildman–Crippen LogP) is 1.31. The van der Waals surface area contributed by atoms with Crippen LogP contribution in [-0.2, 0) is 6.54 Å². The fourth-order valence-electron chi connectivity index (χ4n) is 1.50. The monoisotopic (exact) mass is 251 g/mol. The van der Waals surface area contributed by atoms with Gasteiger partial charge in [0.1, 0.15) is 0 Å². The molecule has 1 aromatic heterocycles. The molecule has 0 saturated carbocycles. The zero-order chi connectivity index (χ0) is 13.5. The Morgan fingerprint density at radius 2 is 2.33 bits per heavy atom. The molecule has 0 aliphatic rings. The van der Waals surface area contributed by atoms with Gasteiger partial charge in [0.05, 0.1) is 11.1 Å². The Morgan fingerprint density at radius 3 is 2.94 bits per heavy atom. The van der Waals surface area contributed by atoms with Crippen molar-refractivity contribution in [1.29, 1.82) is 0 Å². The molecule has 0 aliphatic carbocycles. The zero-order valence-electron chi connectivity index (χ0n) is 10.4. The summed E-state index contributed by atoms with van der Waals surface area (Å²) in [5.74, 6) is 0. The van der Waals surface area contributed by atoms with Crippen molar-refractivity contribution < 1.29 is 4.92 Å². The van der Waals surface area contributed by atoms with Gasteiger partial charge in [-0.3, -0.25) is 14.9 Å². The summed E-state index contributed by atoms with van der Waals surface area (Å²) in [6.45, 7) is 7.98. The van der Waals surface area contributed by atoms with E-state index in [1.54, 1.807) is 4.57 Å². The molecular formula is C12H17N3O3. The molecule has 1 rings (SSSR count). The van der Waals surface area contributed by atoms with Crippen molar-refractivity contribution in [2.24, 2.45) is 0 Å². The van der Waals surface area contributed by atoms with E-state index in [4.69, 9.17) is 0 Å². The lowest BCUT2D eigenvalue weighted by Crippen LogP contribution is -2.20. The first-order chi connectivity index (χ1) is 8.54. The second kappa shape index (κ2) is 6.70. The fourth-order valence-corrected chi connectivity index (χ4v) is 1.50. The molecule has 1 heterocycles. The summed E-state index contributed by atoms with van der Waals surface area (Å²) in [6.07, 6.45) is 3.81. The molecule has 1 aromatic rings. The van der Waals surface area contributed by atoms with Crippen molar-refractivity contribution in [1.82, 2.24) is 9.88 Å². The highest BCUT2D eigenvalue weighted by Gasteiger charge is 2.11. The number of aromatic nitrogens is 1. The van der Waals surface area contributed by atoms with Gasteiger partial charge in [-0.1, -0.05) is 13.5 Å². The first kappa shape index (κ1) is 14.1. The minimum atomic E-state index is -0.670. The molecule has 0 spiro atoms. The Morgan fingerprint density at radius 1 is 1.61 bits per heavy atom. The number of hydrogen-bond donors (Lipinski definition) is 1. The number of hydrogen-bond acceptors (Lipinski definition) is 4. The third-order valence-electron chi connectivity index (χ3n) is 2.36. The Hall–Kier alpha value is -1.95. The summed E-state index contributed by atoms with van der Waals surface area (Å²) in [6, 6.07) is 1.20. The topological polar surface area (TPSA) is 77.2 Å². The smallest absolute Gasteiger partial charge is 0.332 e. The lowest BCUT2D eigenvalue weighted by atomic mass is 10.3. The van der Waals surface area contributed by atoms with Crippen LogP contribution in [0, 0.1) is 10.1 Å². The molecule has 0 bridgehead atoms. The maximum absolute atomic E-state index is 11.2. The second-order valence-electron chi connectivity index (χ2n) is 4.05. The molecule has 0 atom stereocenters. The average Bonchev–Trinajstić information content (AvgIpc) is 2.31. The summed E-state index contributed by atoms with van der Waals surface area (Å²) in [7, 11) is 0. The molecule has 0 saturated heterocycles. The summed E-state index contributed by atoms with van der Waals surface area (Å²) >= 11 is 0. The van der Waals surface area contributed by atoms with Crippen LogP contribution in [0.15, 0.2) is 35.4 Å². The minimum absolute atomic E-state index is 0.410. The van der Waals surface area contributed by atoms with E-state index in [0.29, 0.717) is 13.1 Å². The van der Waals surface area contributed by atoms with Gasteiger partial charge in [0, 0.05) is 25.4 Å². The highest BCUT2D eigenvalue weighted by Crippen LogP contribution is 2.04. The molecule has 0 aliphatic heterocycles. The van der Waals surface area contributed by atoms with Gasteiger partial charge in [-0.15, -0.1) is 0 Å². The van der Waals surface area contributed by atoms with Gasteiger partial charge in [-0.2, -0.15) is 0 Å². The lowest BCUT2D eigenvalue weighted by Gasteiger charge is -2.09. The van der Waals surface area contributed by atoms with Gasteiger partial charge in [0.2, 0.25) is 0 Å². The molecule has 0 aromatic carbocycles. The van der Waals surface area contributed by atoms with Gasteiger partial charge >= 0.3 is 5.69 Å². The Labute approximate surface area is 105 Å². The van der Waals surface area contributed by atoms with E-state index in [1.807, 2.05) is 0 Å². The molecule has 1 N–H and O–H groups in total. The summed E-state index contributed by atoms with van der Waals surface area (Å²) < 4.78 is 1.59. The van der Waals surface area contributed by atoms with Crippen molar-refractivity contribution in [2.45, 2.75) is 19.9 Å². The van der Waals surface area contributed by atoms with E-state index < -0.39 is 16.0 Å². The van der Waals surface area contributed by atoms with Crippen LogP contribution in [0.5, 0.6) is 0 Å². The van der Waals surface area contributed by atoms with E-state index in [2.05, 4.69) is 18.8 Å². The molecule has 6 heteroatoms. The second-order valence-corrected chi connectivity index (χ2v) is 4.05. The van der Waals surface area contributed by atoms with Crippen molar-refractivity contribution in [3.63, 3.8) is 0 Å². The Balaban J connectivity index is 2.68. The Bertz CT molecular complexity index is 494. The van der Waals surface area contributed by atoms with Gasteiger partial charge in [-0.25, -0.2) is 0 Å². The molecule has 6 nitrogen and oxygen atoms in total. The maximum Gasteiger partial charge on any atom is 0.332 e. The molecule has 0 radical (unpaired) electrons. The first-order valence-corrected chi connectivity index (χ1v) is 5.76. The van der Waals surface area contributed by atoms with Crippen LogP contribution < -0.4 is 10.7 Å². The van der Waals surface area contributed by atoms with Crippen LogP contribution in [0.25, 0.3) is 0 Å². The average molecular weight is 251 g/mol. The van der Waals surface area contributed by atoms with Crippen LogP contribution in [0.3, 0.4) is 0 Å². The highest BCUT2D eigenvalue weighted by molar-refractivity contribution is 5.25. The van der Waals surface area contributed by atoms with Crippen LogP contribution >= 0.6 is 0 Å². The lowest BCUT2D eigenvalue weighted by molar-refractivity contribution is -0.386. The van der Waals surface area contributed by atoms with Gasteiger partial charge in [0.15, 0.2) is 0 Å². The molecule has 18 heavy (non-hydrogen) atoms. The number of nitrogens with zero attached hydrogens (tertiary/aromatic N) is 2.